The third kappa shape index (κ3) is 4.76. The topological polar surface area (TPSA) is 79.5 Å². The Labute approximate surface area is 120 Å². The molecule has 6 nitrogen and oxygen atoms in total. The Morgan fingerprint density at radius 1 is 1.15 bits per heavy atom. The molecule has 0 radical (unpaired) electrons. The van der Waals surface area contributed by atoms with Gasteiger partial charge in [-0.05, 0) is 31.6 Å². The minimum absolute atomic E-state index is 0.0156. The molecule has 2 aliphatic heterocycles. The lowest BCUT2D eigenvalue weighted by atomic mass is 9.89. The fourth-order valence-corrected chi connectivity index (χ4v) is 3.21. The second-order valence-electron chi connectivity index (χ2n) is 5.80. The molecular weight excluding hydrogens is 258 g/mol. The zero-order valence-corrected chi connectivity index (χ0v) is 12.1. The fourth-order valence-electron chi connectivity index (χ4n) is 3.21. The quantitative estimate of drug-likeness (QED) is 0.565. The van der Waals surface area contributed by atoms with Crippen molar-refractivity contribution in [1.82, 2.24) is 16.0 Å². The number of piperidine rings is 1. The maximum absolute atomic E-state index is 11.8. The lowest BCUT2D eigenvalue weighted by molar-refractivity contribution is -0.126. The van der Waals surface area contributed by atoms with Gasteiger partial charge in [0.25, 0.3) is 0 Å². The number of carbonyl (C=O) groups is 2. The number of nitrogens with one attached hydrogen (secondary N) is 3. The summed E-state index contributed by atoms with van der Waals surface area (Å²) in [6.07, 6.45) is 5.20. The van der Waals surface area contributed by atoms with Crippen molar-refractivity contribution < 1.29 is 14.3 Å². The third-order valence-corrected chi connectivity index (χ3v) is 4.12. The molecule has 2 unspecified atom stereocenters. The lowest BCUT2D eigenvalue weighted by Gasteiger charge is -2.28. The van der Waals surface area contributed by atoms with E-state index in [4.69, 9.17) is 4.74 Å². The number of rotatable bonds is 7. The van der Waals surface area contributed by atoms with Crippen molar-refractivity contribution in [1.29, 1.82) is 0 Å². The van der Waals surface area contributed by atoms with Gasteiger partial charge in [-0.2, -0.15) is 0 Å². The van der Waals surface area contributed by atoms with Crippen LogP contribution in [0.3, 0.4) is 0 Å². The zero-order valence-electron chi connectivity index (χ0n) is 12.1. The van der Waals surface area contributed by atoms with E-state index < -0.39 is 0 Å². The summed E-state index contributed by atoms with van der Waals surface area (Å²) in [5, 5.41) is 8.94. The van der Waals surface area contributed by atoms with E-state index in [1.165, 1.54) is 12.8 Å². The van der Waals surface area contributed by atoms with Gasteiger partial charge in [0.2, 0.25) is 11.8 Å². The van der Waals surface area contributed by atoms with Gasteiger partial charge < -0.3 is 20.7 Å². The van der Waals surface area contributed by atoms with Crippen LogP contribution in [0, 0.1) is 5.92 Å². The van der Waals surface area contributed by atoms with Crippen molar-refractivity contribution in [2.24, 2.45) is 5.92 Å². The molecule has 20 heavy (non-hydrogen) atoms. The molecule has 3 N–H and O–H groups in total. The molecule has 2 aliphatic rings. The summed E-state index contributed by atoms with van der Waals surface area (Å²) in [6.45, 7) is 1.01. The van der Waals surface area contributed by atoms with Crippen molar-refractivity contribution in [3.05, 3.63) is 0 Å². The highest BCUT2D eigenvalue weighted by atomic mass is 16.5. The summed E-state index contributed by atoms with van der Waals surface area (Å²) in [5.74, 6) is 0.282. The van der Waals surface area contributed by atoms with E-state index in [0.717, 1.165) is 12.8 Å². The Balaban J connectivity index is 1.59. The lowest BCUT2D eigenvalue weighted by Crippen LogP contribution is -2.41. The third-order valence-electron chi connectivity index (χ3n) is 4.12. The normalized spacial score (nSPS) is 28.1. The summed E-state index contributed by atoms with van der Waals surface area (Å²) in [4.78, 5) is 23.3. The van der Waals surface area contributed by atoms with Crippen LogP contribution in [0.1, 0.15) is 32.1 Å². The standard InChI is InChI=1S/C14H25N3O3/c1-20-5-4-15-14(19)9-16-13(18)8-10-6-11-2-3-12(7-10)17-11/h10-12,17H,2-9H2,1H3,(H,15,19)(H,16,18). The molecule has 2 fully saturated rings. The highest BCUT2D eigenvalue weighted by molar-refractivity contribution is 5.84. The Hall–Kier alpha value is -1.14. The van der Waals surface area contributed by atoms with E-state index in [0.29, 0.717) is 37.6 Å². The van der Waals surface area contributed by atoms with Crippen molar-refractivity contribution in [2.75, 3.05) is 26.8 Å². The average Bonchev–Trinajstić information content (AvgIpc) is 2.76. The predicted molar refractivity (Wildman–Crippen MR) is 75.2 cm³/mol. The Morgan fingerprint density at radius 3 is 2.50 bits per heavy atom. The van der Waals surface area contributed by atoms with Crippen LogP contribution >= 0.6 is 0 Å². The number of carbonyl (C=O) groups excluding carboxylic acids is 2. The Morgan fingerprint density at radius 2 is 1.85 bits per heavy atom. The predicted octanol–water partition coefficient (Wildman–Crippen LogP) is -0.214. The van der Waals surface area contributed by atoms with Gasteiger partial charge in [0, 0.05) is 32.2 Å². The second kappa shape index (κ2) is 7.59. The van der Waals surface area contributed by atoms with Crippen molar-refractivity contribution >= 4 is 11.8 Å². The molecule has 2 atom stereocenters. The number of amides is 2. The number of fused-ring (bicyclic) bond motifs is 2. The van der Waals surface area contributed by atoms with E-state index in [-0.39, 0.29) is 18.4 Å². The van der Waals surface area contributed by atoms with Crippen LogP contribution in [-0.4, -0.2) is 50.7 Å². The molecule has 2 amide bonds. The molecule has 0 aromatic heterocycles. The molecule has 0 spiro atoms. The molecule has 0 aromatic carbocycles. The van der Waals surface area contributed by atoms with E-state index in [2.05, 4.69) is 16.0 Å². The first kappa shape index (κ1) is 15.3. The highest BCUT2D eigenvalue weighted by Crippen LogP contribution is 2.32. The van der Waals surface area contributed by atoms with Gasteiger partial charge in [0.15, 0.2) is 0 Å². The minimum atomic E-state index is -0.166. The van der Waals surface area contributed by atoms with Gasteiger partial charge in [-0.3, -0.25) is 9.59 Å². The van der Waals surface area contributed by atoms with Gasteiger partial charge in [0.05, 0.1) is 13.2 Å². The smallest absolute Gasteiger partial charge is 0.239 e. The van der Waals surface area contributed by atoms with Crippen LogP contribution in [0.15, 0.2) is 0 Å². The number of ether oxygens (including phenoxy) is 1. The Bertz CT molecular complexity index is 337. The van der Waals surface area contributed by atoms with Gasteiger partial charge in [-0.1, -0.05) is 0 Å². The van der Waals surface area contributed by atoms with Crippen LogP contribution in [0.25, 0.3) is 0 Å². The molecule has 0 saturated carbocycles. The van der Waals surface area contributed by atoms with Crippen molar-refractivity contribution in [3.63, 3.8) is 0 Å². The Kier molecular flexibility index (Phi) is 5.79. The largest absolute Gasteiger partial charge is 0.383 e. The van der Waals surface area contributed by atoms with Gasteiger partial charge >= 0.3 is 0 Å². The maximum Gasteiger partial charge on any atom is 0.239 e. The first-order valence-electron chi connectivity index (χ1n) is 7.45. The van der Waals surface area contributed by atoms with E-state index in [1.807, 2.05) is 0 Å². The number of methoxy groups -OCH3 is 1. The first-order chi connectivity index (χ1) is 9.67. The summed E-state index contributed by atoms with van der Waals surface area (Å²) in [6, 6.07) is 1.20. The van der Waals surface area contributed by atoms with Crippen LogP contribution in [0.5, 0.6) is 0 Å². The van der Waals surface area contributed by atoms with Crippen LogP contribution in [0.2, 0.25) is 0 Å². The monoisotopic (exact) mass is 283 g/mol. The van der Waals surface area contributed by atoms with Crippen LogP contribution in [0.4, 0.5) is 0 Å². The molecule has 2 rings (SSSR count). The molecule has 114 valence electrons. The zero-order chi connectivity index (χ0) is 14.4. The van der Waals surface area contributed by atoms with Crippen LogP contribution < -0.4 is 16.0 Å². The van der Waals surface area contributed by atoms with E-state index >= 15 is 0 Å². The number of hydrogen-bond donors (Lipinski definition) is 3. The van der Waals surface area contributed by atoms with Crippen LogP contribution in [-0.2, 0) is 14.3 Å². The molecule has 0 aromatic rings. The SMILES string of the molecule is COCCNC(=O)CNC(=O)CC1CC2CCC(C1)N2. The summed E-state index contributed by atoms with van der Waals surface area (Å²) < 4.78 is 4.84. The first-order valence-corrected chi connectivity index (χ1v) is 7.45. The minimum Gasteiger partial charge on any atom is -0.383 e. The second-order valence-corrected chi connectivity index (χ2v) is 5.80. The highest BCUT2D eigenvalue weighted by Gasteiger charge is 2.34. The summed E-state index contributed by atoms with van der Waals surface area (Å²) >= 11 is 0. The molecule has 2 bridgehead atoms. The average molecular weight is 283 g/mol. The van der Waals surface area contributed by atoms with Gasteiger partial charge in [-0.25, -0.2) is 0 Å². The number of hydrogen-bond acceptors (Lipinski definition) is 4. The van der Waals surface area contributed by atoms with Crippen molar-refractivity contribution in [3.8, 4) is 0 Å². The van der Waals surface area contributed by atoms with Gasteiger partial charge in [0.1, 0.15) is 0 Å². The summed E-state index contributed by atoms with van der Waals surface area (Å²) in [7, 11) is 1.58. The molecule has 2 heterocycles. The molecule has 2 saturated heterocycles. The maximum atomic E-state index is 11.8. The molecule has 6 heteroatoms. The van der Waals surface area contributed by atoms with Gasteiger partial charge in [-0.15, -0.1) is 0 Å². The molecular formula is C14H25N3O3. The molecule has 0 aliphatic carbocycles. The van der Waals surface area contributed by atoms with Crippen molar-refractivity contribution in [2.45, 2.75) is 44.2 Å². The van der Waals surface area contributed by atoms with E-state index in [9.17, 15) is 9.59 Å². The van der Waals surface area contributed by atoms with E-state index in [1.54, 1.807) is 7.11 Å². The fraction of sp³-hybridized carbons (Fsp3) is 0.857. The summed E-state index contributed by atoms with van der Waals surface area (Å²) in [5.41, 5.74) is 0.